The Labute approximate surface area is 216 Å². The van der Waals surface area contributed by atoms with Crippen LogP contribution in [0.1, 0.15) is 46.8 Å². The number of anilines is 1. The molecule has 0 saturated carbocycles. The van der Waals surface area contributed by atoms with Gasteiger partial charge in [-0.05, 0) is 78.6 Å². The van der Waals surface area contributed by atoms with Crippen molar-refractivity contribution in [1.82, 2.24) is 20.2 Å². The molecule has 190 valence electrons. The zero-order valence-corrected chi connectivity index (χ0v) is 20.9. The molecule has 37 heavy (non-hydrogen) atoms. The Balaban J connectivity index is 1.23. The van der Waals surface area contributed by atoms with Crippen LogP contribution in [0.15, 0.2) is 66.9 Å². The predicted molar refractivity (Wildman–Crippen MR) is 142 cm³/mol. The van der Waals surface area contributed by atoms with E-state index in [0.717, 1.165) is 60.5 Å². The number of nitrogens with zero attached hydrogens (tertiary/aromatic N) is 3. The molecule has 1 fully saturated rings. The molecule has 2 aromatic heterocycles. The Kier molecular flexibility index (Phi) is 7.86. The molecule has 2 N–H and O–H groups in total. The molecule has 0 bridgehead atoms. The molecule has 2 aromatic carbocycles. The molecule has 8 nitrogen and oxygen atoms in total. The number of benzene rings is 2. The standard InChI is InChI=1S/C29H31N5O3/c1-20-7-8-24(37-16-12-21-10-14-36-15-11-21)19-25(20)23-9-13-30-26(18-23)32-29(35)28-31-27(33-34-28)17-22-5-3-2-4-6-22/h2-9,13,18-19,21H,10-12,14-17H2,1H3,(H,30,32,35)(H,31,33,34). The normalized spacial score (nSPS) is 13.9. The van der Waals surface area contributed by atoms with E-state index >= 15 is 0 Å². The Morgan fingerprint density at radius 2 is 1.92 bits per heavy atom. The van der Waals surface area contributed by atoms with Gasteiger partial charge in [-0.25, -0.2) is 4.98 Å². The number of carbonyl (C=O) groups is 1. The largest absolute Gasteiger partial charge is 0.494 e. The fraction of sp³-hybridized carbons (Fsp3) is 0.310. The first-order valence-electron chi connectivity index (χ1n) is 12.7. The molecule has 1 saturated heterocycles. The summed E-state index contributed by atoms with van der Waals surface area (Å²) in [5, 5.41) is 10.9. The van der Waals surface area contributed by atoms with Crippen molar-refractivity contribution in [2.75, 3.05) is 25.1 Å². The molecule has 0 radical (unpaired) electrons. The van der Waals surface area contributed by atoms with E-state index in [0.29, 0.717) is 30.6 Å². The lowest BCUT2D eigenvalue weighted by Crippen LogP contribution is -2.17. The first-order valence-corrected chi connectivity index (χ1v) is 12.7. The number of aryl methyl sites for hydroxylation is 1. The maximum absolute atomic E-state index is 12.8. The van der Waals surface area contributed by atoms with Crippen molar-refractivity contribution in [3.63, 3.8) is 0 Å². The molecule has 0 spiro atoms. The summed E-state index contributed by atoms with van der Waals surface area (Å²) < 4.78 is 11.5. The van der Waals surface area contributed by atoms with Crippen LogP contribution in [0.2, 0.25) is 0 Å². The number of rotatable bonds is 9. The van der Waals surface area contributed by atoms with Gasteiger partial charge in [0.1, 0.15) is 17.4 Å². The van der Waals surface area contributed by atoms with E-state index in [1.54, 1.807) is 6.20 Å². The number of ether oxygens (including phenoxy) is 2. The predicted octanol–water partition coefficient (Wildman–Crippen LogP) is 5.21. The number of hydrogen-bond acceptors (Lipinski definition) is 6. The second kappa shape index (κ2) is 11.8. The highest BCUT2D eigenvalue weighted by Crippen LogP contribution is 2.29. The van der Waals surface area contributed by atoms with Crippen molar-refractivity contribution >= 4 is 11.7 Å². The molecule has 5 rings (SSSR count). The number of aromatic nitrogens is 4. The van der Waals surface area contributed by atoms with Crippen molar-refractivity contribution in [2.45, 2.75) is 32.6 Å². The maximum Gasteiger partial charge on any atom is 0.294 e. The lowest BCUT2D eigenvalue weighted by atomic mass is 9.97. The zero-order valence-electron chi connectivity index (χ0n) is 20.9. The molecule has 1 aliphatic heterocycles. The topological polar surface area (TPSA) is 102 Å². The van der Waals surface area contributed by atoms with E-state index in [1.165, 1.54) is 0 Å². The molecule has 1 aliphatic rings. The number of carbonyl (C=O) groups excluding carboxylic acids is 1. The lowest BCUT2D eigenvalue weighted by Gasteiger charge is -2.22. The molecule has 1 amide bonds. The third-order valence-corrected chi connectivity index (χ3v) is 6.62. The summed E-state index contributed by atoms with van der Waals surface area (Å²) in [4.78, 5) is 20.1. The van der Waals surface area contributed by atoms with Gasteiger partial charge in [-0.2, -0.15) is 0 Å². The average molecular weight is 498 g/mol. The number of aromatic amines is 1. The van der Waals surface area contributed by atoms with Crippen LogP contribution in [0.25, 0.3) is 11.1 Å². The molecular formula is C29H31N5O3. The van der Waals surface area contributed by atoms with E-state index in [4.69, 9.17) is 9.47 Å². The van der Waals surface area contributed by atoms with Crippen LogP contribution in [-0.4, -0.2) is 45.9 Å². The lowest BCUT2D eigenvalue weighted by molar-refractivity contribution is 0.0593. The van der Waals surface area contributed by atoms with Crippen LogP contribution < -0.4 is 10.1 Å². The Hall–Kier alpha value is -4.04. The van der Waals surface area contributed by atoms with Crippen molar-refractivity contribution < 1.29 is 14.3 Å². The first kappa shape index (κ1) is 24.6. The summed E-state index contributed by atoms with van der Waals surface area (Å²) in [6, 6.07) is 19.8. The Morgan fingerprint density at radius 1 is 1.08 bits per heavy atom. The van der Waals surface area contributed by atoms with Crippen LogP contribution in [0.4, 0.5) is 5.82 Å². The fourth-order valence-electron chi connectivity index (χ4n) is 4.49. The fourth-order valence-corrected chi connectivity index (χ4v) is 4.49. The number of hydrogen-bond donors (Lipinski definition) is 2. The van der Waals surface area contributed by atoms with Crippen molar-refractivity contribution in [1.29, 1.82) is 0 Å². The summed E-state index contributed by atoms with van der Waals surface area (Å²) in [5.41, 5.74) is 4.18. The van der Waals surface area contributed by atoms with Crippen molar-refractivity contribution in [3.05, 3.63) is 89.6 Å². The monoisotopic (exact) mass is 497 g/mol. The van der Waals surface area contributed by atoms with Crippen LogP contribution >= 0.6 is 0 Å². The minimum atomic E-state index is -0.390. The van der Waals surface area contributed by atoms with E-state index < -0.39 is 5.91 Å². The van der Waals surface area contributed by atoms with E-state index in [-0.39, 0.29) is 5.82 Å². The van der Waals surface area contributed by atoms with Gasteiger partial charge < -0.3 is 19.8 Å². The van der Waals surface area contributed by atoms with E-state index in [9.17, 15) is 4.79 Å². The van der Waals surface area contributed by atoms with Crippen LogP contribution in [0.5, 0.6) is 5.75 Å². The quantitative estimate of drug-likeness (QED) is 0.329. The SMILES string of the molecule is Cc1ccc(OCCC2CCOCC2)cc1-c1ccnc(NC(=O)c2nnc(Cc3ccccc3)[nH]2)c1. The molecule has 8 heteroatoms. The first-order chi connectivity index (χ1) is 18.1. The molecular weight excluding hydrogens is 466 g/mol. The third kappa shape index (κ3) is 6.59. The third-order valence-electron chi connectivity index (χ3n) is 6.62. The van der Waals surface area contributed by atoms with E-state index in [2.05, 4.69) is 38.5 Å². The van der Waals surface area contributed by atoms with Gasteiger partial charge >= 0.3 is 0 Å². The van der Waals surface area contributed by atoms with Crippen molar-refractivity contribution in [3.8, 4) is 16.9 Å². The van der Waals surface area contributed by atoms with Crippen LogP contribution in [0.3, 0.4) is 0 Å². The molecule has 0 unspecified atom stereocenters. The summed E-state index contributed by atoms with van der Waals surface area (Å²) in [6.07, 6.45) is 5.51. The highest BCUT2D eigenvalue weighted by molar-refractivity contribution is 6.01. The second-order valence-corrected chi connectivity index (χ2v) is 9.34. The highest BCUT2D eigenvalue weighted by Gasteiger charge is 2.15. The Bertz CT molecular complexity index is 1330. The average Bonchev–Trinajstić information content (AvgIpc) is 3.40. The van der Waals surface area contributed by atoms with E-state index in [1.807, 2.05) is 54.6 Å². The van der Waals surface area contributed by atoms with Crippen LogP contribution in [0, 0.1) is 12.8 Å². The highest BCUT2D eigenvalue weighted by atomic mass is 16.5. The minimum absolute atomic E-state index is 0.147. The zero-order chi connectivity index (χ0) is 25.5. The Morgan fingerprint density at radius 3 is 2.76 bits per heavy atom. The summed E-state index contributed by atoms with van der Waals surface area (Å²) in [6.45, 7) is 4.45. The minimum Gasteiger partial charge on any atom is -0.494 e. The maximum atomic E-state index is 12.8. The van der Waals surface area contributed by atoms with Gasteiger partial charge in [-0.15, -0.1) is 10.2 Å². The van der Waals surface area contributed by atoms with Gasteiger partial charge in [-0.3, -0.25) is 4.79 Å². The summed E-state index contributed by atoms with van der Waals surface area (Å²) >= 11 is 0. The summed E-state index contributed by atoms with van der Waals surface area (Å²) in [7, 11) is 0. The molecule has 3 heterocycles. The second-order valence-electron chi connectivity index (χ2n) is 9.34. The van der Waals surface area contributed by atoms with Crippen molar-refractivity contribution in [2.24, 2.45) is 5.92 Å². The molecule has 0 atom stereocenters. The van der Waals surface area contributed by atoms with Gasteiger partial charge in [0, 0.05) is 25.8 Å². The van der Waals surface area contributed by atoms with Gasteiger partial charge in [0.2, 0.25) is 5.82 Å². The van der Waals surface area contributed by atoms with Gasteiger partial charge in [0.25, 0.3) is 5.91 Å². The van der Waals surface area contributed by atoms with Gasteiger partial charge in [-0.1, -0.05) is 36.4 Å². The van der Waals surface area contributed by atoms with Gasteiger partial charge in [0.05, 0.1) is 6.61 Å². The summed E-state index contributed by atoms with van der Waals surface area (Å²) in [5.74, 6) is 2.33. The molecule has 4 aromatic rings. The van der Waals surface area contributed by atoms with Gasteiger partial charge in [0.15, 0.2) is 0 Å². The number of nitrogens with one attached hydrogen (secondary N) is 2. The number of amides is 1. The number of H-pyrrole nitrogens is 1. The van der Waals surface area contributed by atoms with Crippen LogP contribution in [-0.2, 0) is 11.2 Å². The molecule has 0 aliphatic carbocycles. The number of pyridine rings is 1. The smallest absolute Gasteiger partial charge is 0.294 e.